The molecule has 2 aromatic rings. The Hall–Kier alpha value is -2.14. The van der Waals surface area contributed by atoms with Gasteiger partial charge in [-0.25, -0.2) is 0 Å². The minimum atomic E-state index is 0.254. The van der Waals surface area contributed by atoms with E-state index in [-0.39, 0.29) is 5.41 Å². The van der Waals surface area contributed by atoms with Gasteiger partial charge in [0.2, 0.25) is 0 Å². The largest absolute Gasteiger partial charge is 0.467 e. The standard InChI is InChI=1S/C24H30N4O/c1-29-22-26-20-14-24(8-6-17-4-2-3-5-19(17)24)9-7-18(20)21(27-22)28-12-10-23(11-13-28)15-25-16-23/h2-5,25H,6-16H2,1H3. The molecule has 4 aliphatic rings. The average Bonchev–Trinajstić information content (AvgIpc) is 3.10. The lowest BCUT2D eigenvalue weighted by molar-refractivity contribution is 0.126. The van der Waals surface area contributed by atoms with Gasteiger partial charge in [0.15, 0.2) is 0 Å². The van der Waals surface area contributed by atoms with Crippen LogP contribution in [0.5, 0.6) is 6.01 Å². The molecule has 0 bridgehead atoms. The van der Waals surface area contributed by atoms with Crippen molar-refractivity contribution in [3.8, 4) is 6.01 Å². The van der Waals surface area contributed by atoms with Gasteiger partial charge in [0.25, 0.3) is 0 Å². The monoisotopic (exact) mass is 390 g/mol. The summed E-state index contributed by atoms with van der Waals surface area (Å²) >= 11 is 0. The number of nitrogens with zero attached hydrogens (tertiary/aromatic N) is 3. The van der Waals surface area contributed by atoms with E-state index in [4.69, 9.17) is 14.7 Å². The molecule has 2 aliphatic heterocycles. The first-order valence-electron chi connectivity index (χ1n) is 11.2. The van der Waals surface area contributed by atoms with Crippen molar-refractivity contribution in [2.75, 3.05) is 38.2 Å². The van der Waals surface area contributed by atoms with Crippen LogP contribution in [0, 0.1) is 5.41 Å². The molecular formula is C24H30N4O. The van der Waals surface area contributed by atoms with E-state index in [1.165, 1.54) is 62.0 Å². The Labute approximate surface area is 172 Å². The topological polar surface area (TPSA) is 50.3 Å². The third-order valence-electron chi connectivity index (χ3n) is 8.18. The first kappa shape index (κ1) is 17.7. The third-order valence-corrected chi connectivity index (χ3v) is 8.18. The number of ether oxygens (including phenoxy) is 1. The van der Waals surface area contributed by atoms with Gasteiger partial charge < -0.3 is 15.0 Å². The van der Waals surface area contributed by atoms with Crippen molar-refractivity contribution in [1.29, 1.82) is 0 Å². The molecule has 152 valence electrons. The molecule has 2 aliphatic carbocycles. The maximum atomic E-state index is 5.55. The van der Waals surface area contributed by atoms with Crippen molar-refractivity contribution in [3.63, 3.8) is 0 Å². The van der Waals surface area contributed by atoms with Crippen LogP contribution in [0.3, 0.4) is 0 Å². The molecule has 3 heterocycles. The fourth-order valence-corrected chi connectivity index (χ4v) is 6.26. The molecule has 2 spiro atoms. The van der Waals surface area contributed by atoms with Gasteiger partial charge >= 0.3 is 6.01 Å². The van der Waals surface area contributed by atoms with Crippen LogP contribution in [-0.2, 0) is 24.7 Å². The van der Waals surface area contributed by atoms with Crippen LogP contribution in [0.1, 0.15) is 48.1 Å². The van der Waals surface area contributed by atoms with Gasteiger partial charge in [-0.15, -0.1) is 0 Å². The molecule has 0 radical (unpaired) electrons. The summed E-state index contributed by atoms with van der Waals surface area (Å²) in [6.07, 6.45) is 8.27. The molecule has 1 aromatic heterocycles. The summed E-state index contributed by atoms with van der Waals surface area (Å²) in [5, 5.41) is 3.47. The van der Waals surface area contributed by atoms with Crippen LogP contribution >= 0.6 is 0 Å². The smallest absolute Gasteiger partial charge is 0.318 e. The van der Waals surface area contributed by atoms with Gasteiger partial charge in [-0.05, 0) is 61.5 Å². The Balaban J connectivity index is 1.34. The number of aryl methyl sites for hydroxylation is 1. The van der Waals surface area contributed by atoms with E-state index in [9.17, 15) is 0 Å². The van der Waals surface area contributed by atoms with E-state index in [1.54, 1.807) is 12.7 Å². The molecule has 1 unspecified atom stereocenters. The first-order chi connectivity index (χ1) is 14.2. The molecule has 5 heteroatoms. The lowest BCUT2D eigenvalue weighted by Crippen LogP contribution is -2.58. The van der Waals surface area contributed by atoms with Gasteiger partial charge in [-0.3, -0.25) is 0 Å². The van der Waals surface area contributed by atoms with Crippen LogP contribution in [-0.4, -0.2) is 43.3 Å². The number of fused-ring (bicyclic) bond motifs is 3. The first-order valence-corrected chi connectivity index (χ1v) is 11.2. The van der Waals surface area contributed by atoms with Crippen molar-refractivity contribution < 1.29 is 4.74 Å². The Morgan fingerprint density at radius 3 is 2.55 bits per heavy atom. The maximum Gasteiger partial charge on any atom is 0.318 e. The summed E-state index contributed by atoms with van der Waals surface area (Å²) in [4.78, 5) is 12.2. The number of nitrogens with one attached hydrogen (secondary N) is 1. The van der Waals surface area contributed by atoms with Crippen molar-refractivity contribution in [2.45, 2.75) is 50.4 Å². The quantitative estimate of drug-likeness (QED) is 0.854. The van der Waals surface area contributed by atoms with Gasteiger partial charge in [-0.2, -0.15) is 9.97 Å². The zero-order valence-electron chi connectivity index (χ0n) is 17.3. The van der Waals surface area contributed by atoms with Crippen LogP contribution < -0.4 is 15.0 Å². The molecule has 2 fully saturated rings. The summed E-state index contributed by atoms with van der Waals surface area (Å²) in [6.45, 7) is 4.58. The van der Waals surface area contributed by atoms with E-state index >= 15 is 0 Å². The zero-order valence-corrected chi connectivity index (χ0v) is 17.3. The summed E-state index contributed by atoms with van der Waals surface area (Å²) in [5.41, 5.74) is 6.49. The fourth-order valence-electron chi connectivity index (χ4n) is 6.26. The van der Waals surface area contributed by atoms with Crippen molar-refractivity contribution in [3.05, 3.63) is 46.6 Å². The summed E-state index contributed by atoms with van der Waals surface area (Å²) in [5.74, 6) is 1.15. The van der Waals surface area contributed by atoms with Gasteiger partial charge in [0.1, 0.15) is 5.82 Å². The third kappa shape index (κ3) is 2.70. The number of methoxy groups -OCH3 is 1. The summed E-state index contributed by atoms with van der Waals surface area (Å²) < 4.78 is 5.55. The Kier molecular flexibility index (Phi) is 3.92. The molecule has 1 atom stereocenters. The lowest BCUT2D eigenvalue weighted by Gasteiger charge is -2.49. The highest BCUT2D eigenvalue weighted by atomic mass is 16.5. The molecule has 6 rings (SSSR count). The number of piperidine rings is 1. The second kappa shape index (κ2) is 6.43. The van der Waals surface area contributed by atoms with Crippen molar-refractivity contribution >= 4 is 5.82 Å². The Morgan fingerprint density at radius 1 is 1.00 bits per heavy atom. The second-order valence-electron chi connectivity index (χ2n) is 9.66. The average molecular weight is 391 g/mol. The van der Waals surface area contributed by atoms with E-state index in [0.717, 1.165) is 31.7 Å². The highest BCUT2D eigenvalue weighted by Gasteiger charge is 2.44. The number of hydrogen-bond acceptors (Lipinski definition) is 5. The molecule has 29 heavy (non-hydrogen) atoms. The van der Waals surface area contributed by atoms with E-state index in [0.29, 0.717) is 11.4 Å². The lowest BCUT2D eigenvalue weighted by atomic mass is 9.69. The highest BCUT2D eigenvalue weighted by Crippen LogP contribution is 2.49. The fraction of sp³-hybridized carbons (Fsp3) is 0.583. The molecule has 0 saturated carbocycles. The summed E-state index contributed by atoms with van der Waals surface area (Å²) in [7, 11) is 1.69. The normalized spacial score (nSPS) is 26.9. The van der Waals surface area contributed by atoms with E-state index in [2.05, 4.69) is 34.5 Å². The zero-order chi connectivity index (χ0) is 19.5. The SMILES string of the molecule is COc1nc2c(c(N3CCC4(CC3)CNC4)n1)CCC1(CCc3ccccc31)C2. The predicted molar refractivity (Wildman–Crippen MR) is 114 cm³/mol. The molecular weight excluding hydrogens is 360 g/mol. The Morgan fingerprint density at radius 2 is 1.79 bits per heavy atom. The van der Waals surface area contributed by atoms with Crippen molar-refractivity contribution in [2.24, 2.45) is 5.41 Å². The predicted octanol–water partition coefficient (Wildman–Crippen LogP) is 3.05. The van der Waals surface area contributed by atoms with E-state index in [1.807, 2.05) is 0 Å². The number of benzene rings is 1. The number of hydrogen-bond donors (Lipinski definition) is 1. The van der Waals surface area contributed by atoms with Crippen LogP contribution in [0.4, 0.5) is 5.82 Å². The number of anilines is 1. The van der Waals surface area contributed by atoms with Gasteiger partial charge in [0, 0.05) is 37.2 Å². The Bertz CT molecular complexity index is 944. The van der Waals surface area contributed by atoms with Crippen LogP contribution in [0.15, 0.2) is 24.3 Å². The molecule has 1 N–H and O–H groups in total. The van der Waals surface area contributed by atoms with Crippen LogP contribution in [0.25, 0.3) is 0 Å². The molecule has 5 nitrogen and oxygen atoms in total. The van der Waals surface area contributed by atoms with Gasteiger partial charge in [0.05, 0.1) is 12.8 Å². The minimum Gasteiger partial charge on any atom is -0.467 e. The van der Waals surface area contributed by atoms with Gasteiger partial charge in [-0.1, -0.05) is 24.3 Å². The highest BCUT2D eigenvalue weighted by molar-refractivity contribution is 5.54. The summed E-state index contributed by atoms with van der Waals surface area (Å²) in [6, 6.07) is 9.58. The van der Waals surface area contributed by atoms with Crippen LogP contribution in [0.2, 0.25) is 0 Å². The van der Waals surface area contributed by atoms with Crippen molar-refractivity contribution in [1.82, 2.24) is 15.3 Å². The maximum absolute atomic E-state index is 5.55. The number of rotatable bonds is 2. The second-order valence-corrected chi connectivity index (χ2v) is 9.66. The minimum absolute atomic E-state index is 0.254. The molecule has 2 saturated heterocycles. The number of aromatic nitrogens is 2. The molecule has 0 amide bonds. The molecule has 1 aromatic carbocycles. The van der Waals surface area contributed by atoms with E-state index < -0.39 is 0 Å².